The molecule has 0 amide bonds. The zero-order chi connectivity index (χ0) is 21.0. The molecule has 0 radical (unpaired) electrons. The normalized spacial score (nSPS) is 11.6. The Bertz CT molecular complexity index is 949. The van der Waals surface area contributed by atoms with E-state index >= 15 is 0 Å². The lowest BCUT2D eigenvalue weighted by molar-refractivity contribution is 0.580. The van der Waals surface area contributed by atoms with Crippen LogP contribution in [0.3, 0.4) is 0 Å². The van der Waals surface area contributed by atoms with Gasteiger partial charge in [-0.2, -0.15) is 0 Å². The minimum absolute atomic E-state index is 0.236. The van der Waals surface area contributed by atoms with Gasteiger partial charge in [-0.15, -0.1) is 0 Å². The number of hydrogen-bond donors (Lipinski definition) is 0. The zero-order valence-corrected chi connectivity index (χ0v) is 19.9. The summed E-state index contributed by atoms with van der Waals surface area (Å²) in [5.41, 5.74) is 2.58. The van der Waals surface area contributed by atoms with Crippen molar-refractivity contribution < 1.29 is 4.57 Å². The summed E-state index contributed by atoms with van der Waals surface area (Å²) in [5, 5.41) is 2.79. The van der Waals surface area contributed by atoms with Crippen molar-refractivity contribution in [3.8, 4) is 0 Å². The van der Waals surface area contributed by atoms with E-state index in [0.717, 1.165) is 18.1 Å². The fraction of sp³-hybridized carbons (Fsp3) is 0.217. The fourth-order valence-corrected chi connectivity index (χ4v) is 7.65. The molecule has 6 heteroatoms. The maximum atomic E-state index is 14.4. The summed E-state index contributed by atoms with van der Waals surface area (Å²) in [5.74, 6) is 0. The van der Waals surface area contributed by atoms with Crippen LogP contribution in [-0.2, 0) is 23.3 Å². The summed E-state index contributed by atoms with van der Waals surface area (Å²) in [4.78, 5) is 0. The van der Waals surface area contributed by atoms with Gasteiger partial charge in [-0.05, 0) is 47.4 Å². The maximum Gasteiger partial charge on any atom is 0.124 e. The van der Waals surface area contributed by atoms with Gasteiger partial charge in [-0.1, -0.05) is 96.1 Å². The van der Waals surface area contributed by atoms with Crippen LogP contribution in [0, 0.1) is 0 Å². The lowest BCUT2D eigenvalue weighted by Crippen LogP contribution is -2.10. The van der Waals surface area contributed by atoms with E-state index < -0.39 is 7.14 Å². The second kappa shape index (κ2) is 9.90. The van der Waals surface area contributed by atoms with Crippen molar-refractivity contribution >= 4 is 58.9 Å². The van der Waals surface area contributed by atoms with Crippen molar-refractivity contribution in [1.29, 1.82) is 0 Å². The van der Waals surface area contributed by atoms with E-state index in [-0.39, 0.29) is 12.3 Å². The zero-order valence-electron chi connectivity index (χ0n) is 16.0. The molecule has 0 saturated carbocycles. The Hall–Kier alpha value is -0.950. The highest BCUT2D eigenvalue weighted by Gasteiger charge is 2.29. The molecule has 0 heterocycles. The Morgan fingerprint density at radius 1 is 0.690 bits per heavy atom. The highest BCUT2D eigenvalue weighted by Crippen LogP contribution is 2.54. The summed E-state index contributed by atoms with van der Waals surface area (Å²) < 4.78 is 14.4. The quantitative estimate of drug-likeness (QED) is 0.306. The first-order chi connectivity index (χ1) is 13.8. The van der Waals surface area contributed by atoms with Crippen molar-refractivity contribution in [1.82, 2.24) is 0 Å². The predicted molar refractivity (Wildman–Crippen MR) is 128 cm³/mol. The van der Waals surface area contributed by atoms with Crippen LogP contribution >= 0.6 is 53.5 Å². The van der Waals surface area contributed by atoms with Gasteiger partial charge in [0.1, 0.15) is 7.14 Å². The molecule has 0 saturated heterocycles. The molecule has 1 nitrogen and oxygen atoms in total. The largest absolute Gasteiger partial charge is 0.318 e. The minimum atomic E-state index is -3.00. The third-order valence-electron chi connectivity index (χ3n) is 4.90. The van der Waals surface area contributed by atoms with Gasteiger partial charge in [0.25, 0.3) is 0 Å². The van der Waals surface area contributed by atoms with Crippen molar-refractivity contribution in [3.63, 3.8) is 0 Å². The summed E-state index contributed by atoms with van der Waals surface area (Å²) in [7, 11) is -3.00. The molecule has 0 aliphatic carbocycles. The molecule has 0 atom stereocenters. The molecule has 0 spiro atoms. The van der Waals surface area contributed by atoms with Crippen LogP contribution in [0.4, 0.5) is 0 Å². The van der Waals surface area contributed by atoms with Gasteiger partial charge < -0.3 is 4.57 Å². The van der Waals surface area contributed by atoms with Gasteiger partial charge >= 0.3 is 0 Å². The molecule has 0 aromatic heterocycles. The van der Waals surface area contributed by atoms with Crippen LogP contribution in [0.1, 0.15) is 30.0 Å². The van der Waals surface area contributed by atoms with E-state index in [4.69, 9.17) is 46.4 Å². The maximum absolute atomic E-state index is 14.4. The van der Waals surface area contributed by atoms with Gasteiger partial charge in [0, 0.05) is 37.7 Å². The molecule has 0 unspecified atom stereocenters. The number of aryl methyl sites for hydroxylation is 1. The molecule has 3 rings (SSSR count). The molecule has 29 heavy (non-hydrogen) atoms. The molecule has 0 aliphatic heterocycles. The van der Waals surface area contributed by atoms with Crippen LogP contribution in [0.5, 0.6) is 0 Å². The van der Waals surface area contributed by atoms with E-state index in [0.29, 0.717) is 31.2 Å². The molecule has 0 aliphatic rings. The average molecular weight is 486 g/mol. The van der Waals surface area contributed by atoms with Crippen LogP contribution in [0.25, 0.3) is 0 Å². The lowest BCUT2D eigenvalue weighted by Gasteiger charge is -2.22. The molecule has 0 fully saturated rings. The smallest absolute Gasteiger partial charge is 0.124 e. The number of halogens is 4. The van der Waals surface area contributed by atoms with E-state index in [1.165, 1.54) is 5.56 Å². The van der Waals surface area contributed by atoms with Gasteiger partial charge in [-0.25, -0.2) is 0 Å². The molecule has 0 bridgehead atoms. The van der Waals surface area contributed by atoms with Crippen LogP contribution in [-0.4, -0.2) is 0 Å². The van der Waals surface area contributed by atoms with Crippen molar-refractivity contribution in [2.75, 3.05) is 0 Å². The number of benzene rings is 3. The lowest BCUT2D eigenvalue weighted by atomic mass is 10.1. The average Bonchev–Trinajstić information content (AvgIpc) is 2.69. The number of hydrogen-bond acceptors (Lipinski definition) is 1. The van der Waals surface area contributed by atoms with Gasteiger partial charge in [0.2, 0.25) is 0 Å². The second-order valence-corrected chi connectivity index (χ2v) is 11.6. The van der Waals surface area contributed by atoms with Crippen molar-refractivity contribution in [3.05, 3.63) is 97.4 Å². The summed E-state index contributed by atoms with van der Waals surface area (Å²) in [6.07, 6.45) is 2.51. The molecule has 152 valence electrons. The van der Waals surface area contributed by atoms with E-state index in [1.54, 1.807) is 36.4 Å². The highest BCUT2D eigenvalue weighted by molar-refractivity contribution is 7.70. The Morgan fingerprint density at radius 3 is 1.48 bits per heavy atom. The Kier molecular flexibility index (Phi) is 7.76. The monoisotopic (exact) mass is 484 g/mol. The number of rotatable bonds is 7. The summed E-state index contributed by atoms with van der Waals surface area (Å²) in [6.45, 7) is 2.14. The SMILES string of the molecule is CCCc1ccc(P(=O)(Cc2c(Cl)cccc2Cl)Cc2c(Cl)cccc2Cl)cc1. The highest BCUT2D eigenvalue weighted by atomic mass is 35.5. The van der Waals surface area contributed by atoms with Gasteiger partial charge in [-0.3, -0.25) is 0 Å². The Labute approximate surface area is 192 Å². The minimum Gasteiger partial charge on any atom is -0.318 e. The molecular weight excluding hydrogens is 465 g/mol. The third-order valence-corrected chi connectivity index (χ3v) is 9.21. The first kappa shape index (κ1) is 22.7. The Balaban J connectivity index is 2.08. The van der Waals surface area contributed by atoms with E-state index in [2.05, 4.69) is 6.92 Å². The van der Waals surface area contributed by atoms with Crippen molar-refractivity contribution in [2.45, 2.75) is 32.1 Å². The first-order valence-corrected chi connectivity index (χ1v) is 13.0. The van der Waals surface area contributed by atoms with Crippen LogP contribution in [0.15, 0.2) is 60.7 Å². The second-order valence-electron chi connectivity index (χ2n) is 7.02. The molecular formula is C23H21Cl4OP. The van der Waals surface area contributed by atoms with Gasteiger partial charge in [0.15, 0.2) is 0 Å². The first-order valence-electron chi connectivity index (χ1n) is 9.37. The van der Waals surface area contributed by atoms with Crippen LogP contribution in [0.2, 0.25) is 20.1 Å². The van der Waals surface area contributed by atoms with Gasteiger partial charge in [0.05, 0.1) is 0 Å². The summed E-state index contributed by atoms with van der Waals surface area (Å²) >= 11 is 25.6. The summed E-state index contributed by atoms with van der Waals surface area (Å²) in [6, 6.07) is 18.6. The molecule has 0 N–H and O–H groups in total. The Morgan fingerprint density at radius 2 is 1.10 bits per heavy atom. The molecule has 3 aromatic carbocycles. The molecule has 3 aromatic rings. The van der Waals surface area contributed by atoms with E-state index in [1.807, 2.05) is 24.3 Å². The van der Waals surface area contributed by atoms with Crippen LogP contribution < -0.4 is 5.30 Å². The topological polar surface area (TPSA) is 17.1 Å². The standard InChI is InChI=1S/C23H21Cl4OP/c1-2-5-16-10-12-17(13-11-16)29(28,14-18-20(24)6-3-7-21(18)25)15-19-22(26)8-4-9-23(19)27/h3-4,6-13H,2,5,14-15H2,1H3. The fourth-order valence-electron chi connectivity index (χ4n) is 3.34. The predicted octanol–water partition coefficient (Wildman–Crippen LogP) is 8.64. The third kappa shape index (κ3) is 5.40. The van der Waals surface area contributed by atoms with E-state index in [9.17, 15) is 4.57 Å². The van der Waals surface area contributed by atoms with Crippen molar-refractivity contribution in [2.24, 2.45) is 0 Å².